The van der Waals surface area contributed by atoms with Gasteiger partial charge in [-0.3, -0.25) is 9.59 Å². The number of nitrogens with one attached hydrogen (secondary N) is 1. The summed E-state index contributed by atoms with van der Waals surface area (Å²) in [6.45, 7) is 4.18. The smallest absolute Gasteiger partial charge is 0.223 e. The van der Waals surface area contributed by atoms with Crippen molar-refractivity contribution in [2.45, 2.75) is 26.8 Å². The number of hydrogen-bond acceptors (Lipinski definition) is 2. The number of carbonyl (C=O) groups excluding carboxylic acids is 2. The molecule has 0 saturated carbocycles. The molecule has 0 heterocycles. The Balaban J connectivity index is 2.42. The third kappa shape index (κ3) is 4.68. The zero-order valence-electron chi connectivity index (χ0n) is 10.2. The molecule has 17 heavy (non-hydrogen) atoms. The lowest BCUT2D eigenvalue weighted by molar-refractivity contribution is -0.128. The topological polar surface area (TPSA) is 72.2 Å². The van der Waals surface area contributed by atoms with Crippen molar-refractivity contribution >= 4 is 11.8 Å². The van der Waals surface area contributed by atoms with Crippen molar-refractivity contribution in [3.05, 3.63) is 35.4 Å². The molecule has 1 atom stereocenters. The Hall–Kier alpha value is -1.84. The van der Waals surface area contributed by atoms with E-state index in [0.717, 1.165) is 5.56 Å². The Morgan fingerprint density at radius 2 is 1.88 bits per heavy atom. The van der Waals surface area contributed by atoms with Gasteiger partial charge in [-0.25, -0.2) is 0 Å². The standard InChI is InChI=1S/C13H18N2O2/c1-9-3-5-11(6-4-9)8-15-13(17)10(2)7-12(14)16/h3-6,10H,7-8H2,1-2H3,(H2,14,16)(H,15,17). The van der Waals surface area contributed by atoms with Crippen LogP contribution in [0.2, 0.25) is 0 Å². The van der Waals surface area contributed by atoms with E-state index in [0.29, 0.717) is 6.54 Å². The molecule has 3 N–H and O–H groups in total. The van der Waals surface area contributed by atoms with E-state index in [1.807, 2.05) is 31.2 Å². The summed E-state index contributed by atoms with van der Waals surface area (Å²) in [6, 6.07) is 7.92. The van der Waals surface area contributed by atoms with Gasteiger partial charge in [0.05, 0.1) is 0 Å². The first-order valence-corrected chi connectivity index (χ1v) is 5.60. The quantitative estimate of drug-likeness (QED) is 0.801. The highest BCUT2D eigenvalue weighted by atomic mass is 16.2. The van der Waals surface area contributed by atoms with Crippen molar-refractivity contribution < 1.29 is 9.59 Å². The molecule has 1 rings (SSSR count). The minimum Gasteiger partial charge on any atom is -0.370 e. The largest absolute Gasteiger partial charge is 0.370 e. The summed E-state index contributed by atoms with van der Waals surface area (Å²) in [5.74, 6) is -0.981. The lowest BCUT2D eigenvalue weighted by Crippen LogP contribution is -2.31. The van der Waals surface area contributed by atoms with Crippen LogP contribution in [0.4, 0.5) is 0 Å². The van der Waals surface area contributed by atoms with Crippen molar-refractivity contribution in [2.24, 2.45) is 11.7 Å². The Bertz CT molecular complexity index is 398. The summed E-state index contributed by atoms with van der Waals surface area (Å²) in [6.07, 6.45) is 0.0831. The minimum absolute atomic E-state index is 0.0831. The molecule has 0 aliphatic rings. The maximum atomic E-state index is 11.6. The van der Waals surface area contributed by atoms with Crippen LogP contribution in [0.15, 0.2) is 24.3 Å². The van der Waals surface area contributed by atoms with Gasteiger partial charge in [-0.15, -0.1) is 0 Å². The lowest BCUT2D eigenvalue weighted by atomic mass is 10.1. The zero-order chi connectivity index (χ0) is 12.8. The molecular formula is C13H18N2O2. The van der Waals surface area contributed by atoms with Gasteiger partial charge in [0.1, 0.15) is 0 Å². The number of hydrogen-bond donors (Lipinski definition) is 2. The first-order valence-electron chi connectivity index (χ1n) is 5.60. The Kier molecular flexibility index (Phi) is 4.69. The fourth-order valence-electron chi connectivity index (χ4n) is 1.46. The summed E-state index contributed by atoms with van der Waals surface area (Å²) in [5, 5.41) is 2.78. The molecule has 92 valence electrons. The average Bonchev–Trinajstić information content (AvgIpc) is 2.27. The highest BCUT2D eigenvalue weighted by Gasteiger charge is 2.14. The third-order valence-corrected chi connectivity index (χ3v) is 2.54. The van der Waals surface area contributed by atoms with Gasteiger partial charge in [0.15, 0.2) is 0 Å². The summed E-state index contributed by atoms with van der Waals surface area (Å²) < 4.78 is 0. The van der Waals surface area contributed by atoms with E-state index in [-0.39, 0.29) is 18.2 Å². The minimum atomic E-state index is -0.456. The van der Waals surface area contributed by atoms with Crippen LogP contribution in [0.5, 0.6) is 0 Å². The number of primary amides is 1. The van der Waals surface area contributed by atoms with Crippen LogP contribution in [0.3, 0.4) is 0 Å². The van der Waals surface area contributed by atoms with E-state index in [9.17, 15) is 9.59 Å². The van der Waals surface area contributed by atoms with Crippen molar-refractivity contribution in [1.29, 1.82) is 0 Å². The predicted octanol–water partition coefficient (Wildman–Crippen LogP) is 1.12. The van der Waals surface area contributed by atoms with Crippen LogP contribution in [-0.2, 0) is 16.1 Å². The monoisotopic (exact) mass is 234 g/mol. The number of benzene rings is 1. The van der Waals surface area contributed by atoms with Gasteiger partial charge in [0.2, 0.25) is 11.8 Å². The Morgan fingerprint density at radius 3 is 2.41 bits per heavy atom. The van der Waals surface area contributed by atoms with Crippen molar-refractivity contribution in [1.82, 2.24) is 5.32 Å². The molecule has 2 amide bonds. The predicted molar refractivity (Wildman–Crippen MR) is 66.0 cm³/mol. The second-order valence-electron chi connectivity index (χ2n) is 4.27. The van der Waals surface area contributed by atoms with Crippen molar-refractivity contribution in [3.8, 4) is 0 Å². The molecule has 0 bridgehead atoms. The van der Waals surface area contributed by atoms with Crippen LogP contribution >= 0.6 is 0 Å². The van der Waals surface area contributed by atoms with Crippen LogP contribution in [-0.4, -0.2) is 11.8 Å². The van der Waals surface area contributed by atoms with Gasteiger partial charge >= 0.3 is 0 Å². The zero-order valence-corrected chi connectivity index (χ0v) is 10.2. The van der Waals surface area contributed by atoms with Gasteiger partial charge in [-0.1, -0.05) is 36.8 Å². The van der Waals surface area contributed by atoms with E-state index in [2.05, 4.69) is 5.32 Å². The summed E-state index contributed by atoms with van der Waals surface area (Å²) in [4.78, 5) is 22.3. The lowest BCUT2D eigenvalue weighted by Gasteiger charge is -2.10. The Morgan fingerprint density at radius 1 is 1.29 bits per heavy atom. The van der Waals surface area contributed by atoms with Gasteiger partial charge in [0.25, 0.3) is 0 Å². The normalized spacial score (nSPS) is 11.9. The Labute approximate surface area is 101 Å². The van der Waals surface area contributed by atoms with Crippen LogP contribution in [0, 0.1) is 12.8 Å². The molecule has 4 heteroatoms. The first kappa shape index (κ1) is 13.2. The molecule has 0 aromatic heterocycles. The fourth-order valence-corrected chi connectivity index (χ4v) is 1.46. The molecule has 0 radical (unpaired) electrons. The van der Waals surface area contributed by atoms with Gasteiger partial charge in [-0.05, 0) is 12.5 Å². The highest BCUT2D eigenvalue weighted by molar-refractivity contribution is 5.84. The molecule has 0 aliphatic heterocycles. The van der Waals surface area contributed by atoms with E-state index >= 15 is 0 Å². The maximum Gasteiger partial charge on any atom is 0.223 e. The van der Waals surface area contributed by atoms with Crippen LogP contribution in [0.1, 0.15) is 24.5 Å². The first-order chi connectivity index (χ1) is 7.99. The van der Waals surface area contributed by atoms with E-state index < -0.39 is 5.91 Å². The molecule has 1 unspecified atom stereocenters. The second-order valence-corrected chi connectivity index (χ2v) is 4.27. The molecule has 1 aromatic rings. The number of carbonyl (C=O) groups is 2. The molecule has 0 aliphatic carbocycles. The van der Waals surface area contributed by atoms with E-state index in [1.165, 1.54) is 5.56 Å². The average molecular weight is 234 g/mol. The van der Waals surface area contributed by atoms with Crippen molar-refractivity contribution in [2.75, 3.05) is 0 Å². The van der Waals surface area contributed by atoms with Crippen molar-refractivity contribution in [3.63, 3.8) is 0 Å². The maximum absolute atomic E-state index is 11.6. The summed E-state index contributed by atoms with van der Waals surface area (Å²) >= 11 is 0. The fraction of sp³-hybridized carbons (Fsp3) is 0.385. The molecule has 1 aromatic carbocycles. The number of rotatable bonds is 5. The molecular weight excluding hydrogens is 216 g/mol. The highest BCUT2D eigenvalue weighted by Crippen LogP contribution is 2.04. The van der Waals surface area contributed by atoms with Crippen LogP contribution < -0.4 is 11.1 Å². The molecule has 0 fully saturated rings. The molecule has 0 saturated heterocycles. The number of nitrogens with two attached hydrogens (primary N) is 1. The van der Waals surface area contributed by atoms with E-state index in [4.69, 9.17) is 5.73 Å². The summed E-state index contributed by atoms with van der Waals surface area (Å²) in [5.41, 5.74) is 7.26. The van der Waals surface area contributed by atoms with Crippen LogP contribution in [0.25, 0.3) is 0 Å². The van der Waals surface area contributed by atoms with Gasteiger partial charge in [-0.2, -0.15) is 0 Å². The summed E-state index contributed by atoms with van der Waals surface area (Å²) in [7, 11) is 0. The van der Waals surface area contributed by atoms with Gasteiger partial charge in [0, 0.05) is 18.9 Å². The number of aryl methyl sites for hydroxylation is 1. The molecule has 4 nitrogen and oxygen atoms in total. The van der Waals surface area contributed by atoms with E-state index in [1.54, 1.807) is 6.92 Å². The van der Waals surface area contributed by atoms with Gasteiger partial charge < -0.3 is 11.1 Å². The second kappa shape index (κ2) is 6.03. The SMILES string of the molecule is Cc1ccc(CNC(=O)C(C)CC(N)=O)cc1. The molecule has 0 spiro atoms. The number of amides is 2. The third-order valence-electron chi connectivity index (χ3n) is 2.54.